The molecular formula is C16H20ClNOS. The number of rotatable bonds is 7. The molecule has 1 aromatic heterocycles. The van der Waals surface area contributed by atoms with Crippen LogP contribution in [0.4, 0.5) is 0 Å². The van der Waals surface area contributed by atoms with Gasteiger partial charge in [-0.25, -0.2) is 0 Å². The van der Waals surface area contributed by atoms with Crippen molar-refractivity contribution in [3.05, 3.63) is 51.2 Å². The number of nitrogens with one attached hydrogen (secondary N) is 1. The van der Waals surface area contributed by atoms with Gasteiger partial charge in [0.15, 0.2) is 0 Å². The van der Waals surface area contributed by atoms with Gasteiger partial charge in [-0.1, -0.05) is 36.7 Å². The van der Waals surface area contributed by atoms with Gasteiger partial charge < -0.3 is 10.1 Å². The Bertz CT molecular complexity index is 541. The molecule has 1 heterocycles. The van der Waals surface area contributed by atoms with Crippen LogP contribution < -0.4 is 10.1 Å². The Morgan fingerprint density at radius 3 is 2.80 bits per heavy atom. The molecule has 1 unspecified atom stereocenters. The molecule has 2 rings (SSSR count). The maximum atomic E-state index is 6.28. The number of benzene rings is 1. The molecule has 0 spiro atoms. The van der Waals surface area contributed by atoms with Gasteiger partial charge in [-0.05, 0) is 42.5 Å². The van der Waals surface area contributed by atoms with Gasteiger partial charge in [0.05, 0.1) is 12.0 Å². The number of ether oxygens (including phenoxy) is 1. The van der Waals surface area contributed by atoms with Crippen molar-refractivity contribution in [3.63, 3.8) is 0 Å². The minimum atomic E-state index is 0.241. The normalized spacial score (nSPS) is 12.3. The van der Waals surface area contributed by atoms with Crippen LogP contribution >= 0.6 is 22.9 Å². The van der Waals surface area contributed by atoms with Crippen molar-refractivity contribution < 1.29 is 4.74 Å². The van der Waals surface area contributed by atoms with Crippen molar-refractivity contribution in [3.8, 4) is 5.75 Å². The van der Waals surface area contributed by atoms with Crippen LogP contribution in [-0.4, -0.2) is 13.7 Å². The Labute approximate surface area is 129 Å². The van der Waals surface area contributed by atoms with Gasteiger partial charge >= 0.3 is 0 Å². The van der Waals surface area contributed by atoms with Gasteiger partial charge in [-0.3, -0.25) is 0 Å². The van der Waals surface area contributed by atoms with Gasteiger partial charge in [-0.2, -0.15) is 0 Å². The highest BCUT2D eigenvalue weighted by atomic mass is 35.5. The lowest BCUT2D eigenvalue weighted by molar-refractivity contribution is 0.402. The summed E-state index contributed by atoms with van der Waals surface area (Å²) in [5.74, 6) is 0.954. The van der Waals surface area contributed by atoms with E-state index in [4.69, 9.17) is 16.3 Å². The van der Waals surface area contributed by atoms with Crippen molar-refractivity contribution in [1.29, 1.82) is 0 Å². The number of halogens is 1. The van der Waals surface area contributed by atoms with Gasteiger partial charge in [0.2, 0.25) is 0 Å². The Morgan fingerprint density at radius 2 is 2.10 bits per heavy atom. The largest absolute Gasteiger partial charge is 0.496 e. The van der Waals surface area contributed by atoms with Crippen molar-refractivity contribution in [2.75, 3.05) is 13.7 Å². The summed E-state index contributed by atoms with van der Waals surface area (Å²) in [6.07, 6.45) is 1.98. The standard InChI is InChI=1S/C16H20ClNOS/c1-3-9-18-14(16-15(19-2)8-10-20-16)11-12-6-4-5-7-13(12)17/h4-8,10,14,18H,3,9,11H2,1-2H3. The maximum absolute atomic E-state index is 6.28. The van der Waals surface area contributed by atoms with Crippen LogP contribution in [0.2, 0.25) is 5.02 Å². The molecule has 0 bridgehead atoms. The van der Waals surface area contributed by atoms with Crippen LogP contribution in [0.15, 0.2) is 35.7 Å². The highest BCUT2D eigenvalue weighted by molar-refractivity contribution is 7.10. The zero-order valence-electron chi connectivity index (χ0n) is 11.9. The fourth-order valence-corrected chi connectivity index (χ4v) is 3.34. The third-order valence-corrected chi connectivity index (χ3v) is 4.60. The minimum Gasteiger partial charge on any atom is -0.496 e. The van der Waals surface area contributed by atoms with Crippen LogP contribution in [0.3, 0.4) is 0 Å². The maximum Gasteiger partial charge on any atom is 0.134 e. The Hall–Kier alpha value is -1.03. The first kappa shape index (κ1) is 15.4. The topological polar surface area (TPSA) is 21.3 Å². The van der Waals surface area contributed by atoms with E-state index in [1.54, 1.807) is 18.4 Å². The van der Waals surface area contributed by atoms with Crippen LogP contribution in [0.1, 0.15) is 29.8 Å². The van der Waals surface area contributed by atoms with Crippen LogP contribution in [-0.2, 0) is 6.42 Å². The summed E-state index contributed by atoms with van der Waals surface area (Å²) in [5, 5.41) is 6.49. The van der Waals surface area contributed by atoms with Crippen LogP contribution in [0.5, 0.6) is 5.75 Å². The molecule has 4 heteroatoms. The summed E-state index contributed by atoms with van der Waals surface area (Å²) in [4.78, 5) is 1.24. The van der Waals surface area contributed by atoms with Gasteiger partial charge in [0.1, 0.15) is 5.75 Å². The van der Waals surface area contributed by atoms with E-state index < -0.39 is 0 Å². The monoisotopic (exact) mass is 309 g/mol. The quantitative estimate of drug-likeness (QED) is 0.801. The van der Waals surface area contributed by atoms with Crippen molar-refractivity contribution in [2.45, 2.75) is 25.8 Å². The van der Waals surface area contributed by atoms with E-state index in [0.29, 0.717) is 0 Å². The lowest BCUT2D eigenvalue weighted by Gasteiger charge is -2.19. The molecule has 108 valence electrons. The zero-order valence-corrected chi connectivity index (χ0v) is 13.4. The summed E-state index contributed by atoms with van der Waals surface area (Å²) in [6, 6.07) is 10.3. The predicted octanol–water partition coefficient (Wildman–Crippen LogP) is 4.69. The first-order valence-corrected chi connectivity index (χ1v) is 8.10. The third-order valence-electron chi connectivity index (χ3n) is 3.22. The molecule has 2 aromatic rings. The Kier molecular flexibility index (Phi) is 5.89. The number of hydrogen-bond donors (Lipinski definition) is 1. The summed E-state index contributed by atoms with van der Waals surface area (Å²) >= 11 is 8.01. The summed E-state index contributed by atoms with van der Waals surface area (Å²) < 4.78 is 5.45. The molecule has 1 aromatic carbocycles. The molecule has 1 N–H and O–H groups in total. The molecule has 0 amide bonds. The minimum absolute atomic E-state index is 0.241. The molecular weight excluding hydrogens is 290 g/mol. The second-order valence-electron chi connectivity index (χ2n) is 4.66. The Morgan fingerprint density at radius 1 is 1.30 bits per heavy atom. The lowest BCUT2D eigenvalue weighted by atomic mass is 10.0. The molecule has 1 atom stereocenters. The average molecular weight is 310 g/mol. The van der Waals surface area contributed by atoms with Crippen LogP contribution in [0.25, 0.3) is 0 Å². The predicted molar refractivity (Wildman–Crippen MR) is 87.1 cm³/mol. The Balaban J connectivity index is 2.22. The molecule has 0 aliphatic carbocycles. The lowest BCUT2D eigenvalue weighted by Crippen LogP contribution is -2.23. The molecule has 20 heavy (non-hydrogen) atoms. The molecule has 2 nitrogen and oxygen atoms in total. The zero-order chi connectivity index (χ0) is 14.4. The molecule has 0 fully saturated rings. The van der Waals surface area contributed by atoms with Crippen molar-refractivity contribution in [2.24, 2.45) is 0 Å². The van der Waals surface area contributed by atoms with Crippen LogP contribution in [0, 0.1) is 0 Å². The fraction of sp³-hybridized carbons (Fsp3) is 0.375. The van der Waals surface area contributed by atoms with E-state index >= 15 is 0 Å². The molecule has 0 saturated carbocycles. The molecule has 0 aliphatic rings. The number of methoxy groups -OCH3 is 1. The summed E-state index contributed by atoms with van der Waals surface area (Å²) in [5.41, 5.74) is 1.17. The SMILES string of the molecule is CCCNC(Cc1ccccc1Cl)c1sccc1OC. The summed E-state index contributed by atoms with van der Waals surface area (Å²) in [6.45, 7) is 3.15. The molecule has 0 saturated heterocycles. The molecule has 0 radical (unpaired) electrons. The molecule has 0 aliphatic heterocycles. The highest BCUT2D eigenvalue weighted by Crippen LogP contribution is 2.33. The smallest absolute Gasteiger partial charge is 0.134 e. The number of thiophene rings is 1. The van der Waals surface area contributed by atoms with Gasteiger partial charge in [0.25, 0.3) is 0 Å². The average Bonchev–Trinajstić information content (AvgIpc) is 2.93. The van der Waals surface area contributed by atoms with Gasteiger partial charge in [-0.15, -0.1) is 11.3 Å². The van der Waals surface area contributed by atoms with Crippen molar-refractivity contribution in [1.82, 2.24) is 5.32 Å². The second-order valence-corrected chi connectivity index (χ2v) is 6.01. The van der Waals surface area contributed by atoms with E-state index in [1.165, 1.54) is 10.4 Å². The van der Waals surface area contributed by atoms with Gasteiger partial charge in [0, 0.05) is 11.1 Å². The third kappa shape index (κ3) is 3.75. The first-order valence-electron chi connectivity index (χ1n) is 6.84. The highest BCUT2D eigenvalue weighted by Gasteiger charge is 2.18. The van der Waals surface area contributed by atoms with Crippen molar-refractivity contribution >= 4 is 22.9 Å². The number of hydrogen-bond acceptors (Lipinski definition) is 3. The fourth-order valence-electron chi connectivity index (χ4n) is 2.19. The first-order chi connectivity index (χ1) is 9.76. The van der Waals surface area contributed by atoms with E-state index in [2.05, 4.69) is 23.7 Å². The van der Waals surface area contributed by atoms with E-state index in [-0.39, 0.29) is 6.04 Å². The second kappa shape index (κ2) is 7.67. The van der Waals surface area contributed by atoms with E-state index in [1.807, 2.05) is 24.3 Å². The van der Waals surface area contributed by atoms with E-state index in [9.17, 15) is 0 Å². The van der Waals surface area contributed by atoms with E-state index in [0.717, 1.165) is 30.2 Å². The summed E-state index contributed by atoms with van der Waals surface area (Å²) in [7, 11) is 1.72.